The first-order valence-electron chi connectivity index (χ1n) is 7.67. The second-order valence-corrected chi connectivity index (χ2v) is 7.51. The first-order chi connectivity index (χ1) is 11.8. The summed E-state index contributed by atoms with van der Waals surface area (Å²) in [6.07, 6.45) is -0.0171. The SMILES string of the molecule is CCOC(=O)Cc1cccc(NS(=O)(=O)Cc2cccc(Cl)c2C)n1. The largest absolute Gasteiger partial charge is 0.466 e. The Hall–Kier alpha value is -2.12. The second kappa shape index (κ2) is 8.31. The lowest BCUT2D eigenvalue weighted by molar-refractivity contribution is -0.142. The summed E-state index contributed by atoms with van der Waals surface area (Å²) in [5, 5.41) is 0.516. The number of benzene rings is 1. The van der Waals surface area contributed by atoms with E-state index in [0.717, 1.165) is 5.56 Å². The van der Waals surface area contributed by atoms with Gasteiger partial charge in [0.25, 0.3) is 0 Å². The molecular formula is C17H19ClN2O4S. The van der Waals surface area contributed by atoms with Crippen molar-refractivity contribution >= 4 is 33.4 Å². The van der Waals surface area contributed by atoms with Crippen LogP contribution < -0.4 is 4.72 Å². The predicted molar refractivity (Wildman–Crippen MR) is 97.0 cm³/mol. The van der Waals surface area contributed by atoms with E-state index in [1.165, 1.54) is 6.07 Å². The van der Waals surface area contributed by atoms with E-state index in [2.05, 4.69) is 9.71 Å². The normalized spacial score (nSPS) is 11.2. The van der Waals surface area contributed by atoms with Crippen molar-refractivity contribution in [3.8, 4) is 0 Å². The zero-order valence-corrected chi connectivity index (χ0v) is 15.5. The molecule has 0 bridgehead atoms. The van der Waals surface area contributed by atoms with Gasteiger partial charge in [-0.1, -0.05) is 29.8 Å². The van der Waals surface area contributed by atoms with Crippen LogP contribution in [-0.2, 0) is 31.7 Å². The van der Waals surface area contributed by atoms with Crippen molar-refractivity contribution in [2.45, 2.75) is 26.0 Å². The highest BCUT2D eigenvalue weighted by molar-refractivity contribution is 7.91. The fourth-order valence-electron chi connectivity index (χ4n) is 2.20. The molecule has 1 aromatic carbocycles. The smallest absolute Gasteiger partial charge is 0.311 e. The Morgan fingerprint density at radius 1 is 1.24 bits per heavy atom. The van der Waals surface area contributed by atoms with Gasteiger partial charge in [0.05, 0.1) is 24.5 Å². The molecule has 1 N–H and O–H groups in total. The van der Waals surface area contributed by atoms with Crippen LogP contribution in [0.1, 0.15) is 23.7 Å². The molecule has 0 fully saturated rings. The average molecular weight is 383 g/mol. The Morgan fingerprint density at radius 3 is 2.68 bits per heavy atom. The number of nitrogens with one attached hydrogen (secondary N) is 1. The molecule has 0 aliphatic rings. The fourth-order valence-corrected chi connectivity index (χ4v) is 3.62. The van der Waals surface area contributed by atoms with Crippen LogP contribution in [0.2, 0.25) is 5.02 Å². The number of carbonyl (C=O) groups excluding carboxylic acids is 1. The number of nitrogens with zero attached hydrogens (tertiary/aromatic N) is 1. The summed E-state index contributed by atoms with van der Waals surface area (Å²) in [5.41, 5.74) is 1.76. The zero-order chi connectivity index (χ0) is 18.4. The van der Waals surface area contributed by atoms with Gasteiger partial charge in [0, 0.05) is 5.02 Å². The van der Waals surface area contributed by atoms with E-state index in [9.17, 15) is 13.2 Å². The molecule has 0 radical (unpaired) electrons. The van der Waals surface area contributed by atoms with Crippen LogP contribution >= 0.6 is 11.6 Å². The van der Waals surface area contributed by atoms with Crippen molar-refractivity contribution < 1.29 is 17.9 Å². The molecule has 0 aliphatic carbocycles. The van der Waals surface area contributed by atoms with Crippen molar-refractivity contribution in [1.82, 2.24) is 4.98 Å². The Kier molecular flexibility index (Phi) is 6.39. The van der Waals surface area contributed by atoms with E-state index < -0.39 is 16.0 Å². The van der Waals surface area contributed by atoms with Gasteiger partial charge in [-0.15, -0.1) is 0 Å². The average Bonchev–Trinajstić information content (AvgIpc) is 2.51. The van der Waals surface area contributed by atoms with Crippen LogP contribution in [0.5, 0.6) is 0 Å². The molecule has 0 saturated heterocycles. The van der Waals surface area contributed by atoms with E-state index in [4.69, 9.17) is 16.3 Å². The summed E-state index contributed by atoms with van der Waals surface area (Å²) < 4.78 is 32.1. The highest BCUT2D eigenvalue weighted by Crippen LogP contribution is 2.21. The zero-order valence-electron chi connectivity index (χ0n) is 14.0. The van der Waals surface area contributed by atoms with Crippen LogP contribution in [0.25, 0.3) is 0 Å². The summed E-state index contributed by atoms with van der Waals surface area (Å²) in [5.74, 6) is -0.477. The summed E-state index contributed by atoms with van der Waals surface area (Å²) >= 11 is 6.03. The van der Waals surface area contributed by atoms with Gasteiger partial charge in [0.1, 0.15) is 5.82 Å². The minimum absolute atomic E-state index is 0.0171. The van der Waals surface area contributed by atoms with E-state index in [1.807, 2.05) is 0 Å². The molecular weight excluding hydrogens is 364 g/mol. The first kappa shape index (κ1) is 19.2. The van der Waals surface area contributed by atoms with E-state index in [1.54, 1.807) is 44.2 Å². The third kappa shape index (κ3) is 5.72. The summed E-state index contributed by atoms with van der Waals surface area (Å²) in [6, 6.07) is 9.92. The van der Waals surface area contributed by atoms with Gasteiger partial charge >= 0.3 is 5.97 Å². The van der Waals surface area contributed by atoms with Gasteiger partial charge in [0.2, 0.25) is 10.0 Å². The molecule has 8 heteroatoms. The number of anilines is 1. The van der Waals surface area contributed by atoms with Crippen LogP contribution in [0.4, 0.5) is 5.82 Å². The first-order valence-corrected chi connectivity index (χ1v) is 9.70. The Labute approximate surface area is 152 Å². The number of sulfonamides is 1. The van der Waals surface area contributed by atoms with Gasteiger partial charge in [-0.2, -0.15) is 0 Å². The number of hydrogen-bond acceptors (Lipinski definition) is 5. The Balaban J connectivity index is 2.12. The molecule has 0 aliphatic heterocycles. The molecule has 0 amide bonds. The molecule has 2 aromatic rings. The number of rotatable bonds is 7. The Bertz CT molecular complexity index is 869. The molecule has 6 nitrogen and oxygen atoms in total. The van der Waals surface area contributed by atoms with Crippen LogP contribution in [-0.4, -0.2) is 26.0 Å². The fraction of sp³-hybridized carbons (Fsp3) is 0.294. The summed E-state index contributed by atoms with van der Waals surface area (Å²) in [4.78, 5) is 15.7. The van der Waals surface area contributed by atoms with E-state index in [-0.39, 0.29) is 24.6 Å². The maximum atomic E-state index is 12.4. The van der Waals surface area contributed by atoms with E-state index in [0.29, 0.717) is 16.3 Å². The lowest BCUT2D eigenvalue weighted by Gasteiger charge is -2.11. The monoisotopic (exact) mass is 382 g/mol. The maximum absolute atomic E-state index is 12.4. The number of aromatic nitrogens is 1. The number of esters is 1. The number of pyridine rings is 1. The highest BCUT2D eigenvalue weighted by atomic mass is 35.5. The minimum atomic E-state index is -3.67. The number of hydrogen-bond donors (Lipinski definition) is 1. The molecule has 2 rings (SSSR count). The maximum Gasteiger partial charge on any atom is 0.311 e. The molecule has 25 heavy (non-hydrogen) atoms. The van der Waals surface area contributed by atoms with Crippen LogP contribution in [0, 0.1) is 6.92 Å². The minimum Gasteiger partial charge on any atom is -0.466 e. The number of halogens is 1. The van der Waals surface area contributed by atoms with Crippen molar-refractivity contribution in [3.63, 3.8) is 0 Å². The lowest BCUT2D eigenvalue weighted by atomic mass is 10.1. The van der Waals surface area contributed by atoms with Gasteiger partial charge in [0.15, 0.2) is 0 Å². The van der Waals surface area contributed by atoms with E-state index >= 15 is 0 Å². The predicted octanol–water partition coefficient (Wildman–Crippen LogP) is 3.09. The molecule has 0 spiro atoms. The number of ether oxygens (including phenoxy) is 1. The molecule has 0 unspecified atom stereocenters. The van der Waals surface area contributed by atoms with Crippen molar-refractivity contribution in [1.29, 1.82) is 0 Å². The number of carbonyl (C=O) groups is 1. The second-order valence-electron chi connectivity index (χ2n) is 5.38. The molecule has 134 valence electrons. The van der Waals surface area contributed by atoms with Crippen LogP contribution in [0.3, 0.4) is 0 Å². The summed E-state index contributed by atoms with van der Waals surface area (Å²) in [6.45, 7) is 3.77. The summed E-state index contributed by atoms with van der Waals surface area (Å²) in [7, 11) is -3.67. The van der Waals surface area contributed by atoms with Gasteiger partial charge < -0.3 is 4.74 Å². The molecule has 0 atom stereocenters. The van der Waals surface area contributed by atoms with Crippen LogP contribution in [0.15, 0.2) is 36.4 Å². The van der Waals surface area contributed by atoms with Gasteiger partial charge in [-0.25, -0.2) is 13.4 Å². The Morgan fingerprint density at radius 2 is 1.96 bits per heavy atom. The van der Waals surface area contributed by atoms with Crippen molar-refractivity contribution in [3.05, 3.63) is 58.2 Å². The third-order valence-electron chi connectivity index (χ3n) is 3.42. The third-order valence-corrected chi connectivity index (χ3v) is 5.04. The van der Waals surface area contributed by atoms with Gasteiger partial charge in [-0.3, -0.25) is 9.52 Å². The molecule has 0 saturated carbocycles. The molecule has 1 aromatic heterocycles. The highest BCUT2D eigenvalue weighted by Gasteiger charge is 2.15. The van der Waals surface area contributed by atoms with Crippen molar-refractivity contribution in [2.24, 2.45) is 0 Å². The quantitative estimate of drug-likeness (QED) is 0.744. The topological polar surface area (TPSA) is 85.4 Å². The van der Waals surface area contributed by atoms with Gasteiger partial charge in [-0.05, 0) is 43.2 Å². The molecule has 1 heterocycles. The van der Waals surface area contributed by atoms with Crippen molar-refractivity contribution in [2.75, 3.05) is 11.3 Å². The standard InChI is InChI=1S/C17H19ClN2O4S/c1-3-24-17(21)10-14-7-5-9-16(19-14)20-25(22,23)11-13-6-4-8-15(18)12(13)2/h4-9H,3,10-11H2,1-2H3,(H,19,20). The lowest BCUT2D eigenvalue weighted by Crippen LogP contribution is -2.17.